The minimum Gasteiger partial charge on any atom is -0.478 e. The summed E-state index contributed by atoms with van der Waals surface area (Å²) in [5, 5.41) is 31.2. The van der Waals surface area contributed by atoms with E-state index in [0.29, 0.717) is 62.7 Å². The molecule has 0 spiro atoms. The minimum atomic E-state index is -3.51. The highest BCUT2D eigenvalue weighted by Gasteiger charge is 2.26. The molecule has 0 atom stereocenters. The van der Waals surface area contributed by atoms with Crippen LogP contribution < -0.4 is 0 Å². The first-order valence-electron chi connectivity index (χ1n) is 12.1. The number of Topliss-reactive ketones (excluding diaryl/α,β-unsaturated/α-hetero) is 1. The molecule has 2 saturated heterocycles. The molecule has 1 aromatic carbocycles. The summed E-state index contributed by atoms with van der Waals surface area (Å²) in [4.78, 5) is 55.2. The van der Waals surface area contributed by atoms with Gasteiger partial charge < -0.3 is 30.1 Å². The van der Waals surface area contributed by atoms with E-state index in [2.05, 4.69) is 16.8 Å². The molecule has 0 aromatic heterocycles. The Kier molecular flexibility index (Phi) is 15.1. The van der Waals surface area contributed by atoms with Crippen molar-refractivity contribution in [3.05, 3.63) is 54.1 Å². The molecule has 41 heavy (non-hydrogen) atoms. The van der Waals surface area contributed by atoms with Crippen LogP contribution in [0.15, 0.2) is 53.5 Å². The van der Waals surface area contributed by atoms with E-state index in [1.165, 1.54) is 16.4 Å². The molecule has 0 radical (unpaired) electrons. The zero-order valence-corrected chi connectivity index (χ0v) is 23.1. The van der Waals surface area contributed by atoms with Gasteiger partial charge in [0.1, 0.15) is 0 Å². The molecule has 226 valence electrons. The van der Waals surface area contributed by atoms with Gasteiger partial charge in [-0.05, 0) is 19.2 Å². The largest absolute Gasteiger partial charge is 0.478 e. The highest BCUT2D eigenvalue weighted by molar-refractivity contribution is 7.89. The van der Waals surface area contributed by atoms with Crippen LogP contribution in [0.4, 0.5) is 0 Å². The van der Waals surface area contributed by atoms with Gasteiger partial charge in [0.25, 0.3) is 0 Å². The van der Waals surface area contributed by atoms with Gasteiger partial charge in [0.05, 0.1) is 24.7 Å². The lowest BCUT2D eigenvalue weighted by atomic mass is 10.1. The van der Waals surface area contributed by atoms with Gasteiger partial charge in [-0.2, -0.15) is 4.31 Å². The second kappa shape index (κ2) is 17.7. The number of ketones is 1. The van der Waals surface area contributed by atoms with Crippen molar-refractivity contribution in [2.24, 2.45) is 0 Å². The lowest BCUT2D eigenvalue weighted by Crippen LogP contribution is -2.46. The third kappa shape index (κ3) is 14.3. The minimum absolute atomic E-state index is 0.0277. The second-order valence-corrected chi connectivity index (χ2v) is 10.5. The SMILES string of the molecule is CN1CCN(CC(=O)c2ccc(S(=O)(=O)N3CCOCC3)cc2)CC1.O=C(O)/C=C/C(=O)O.O=C(O)/C=C/C(=O)O. The molecule has 0 aliphatic carbocycles. The highest BCUT2D eigenvalue weighted by Crippen LogP contribution is 2.18. The smallest absolute Gasteiger partial charge is 0.328 e. The van der Waals surface area contributed by atoms with Crippen LogP contribution in [0.2, 0.25) is 0 Å². The zero-order chi connectivity index (χ0) is 31.0. The van der Waals surface area contributed by atoms with Gasteiger partial charge in [0.2, 0.25) is 10.0 Å². The lowest BCUT2D eigenvalue weighted by Gasteiger charge is -2.31. The molecule has 15 nitrogen and oxygen atoms in total. The van der Waals surface area contributed by atoms with E-state index in [1.807, 2.05) is 0 Å². The number of hydrogen-bond acceptors (Lipinski definition) is 10. The number of piperazine rings is 1. The van der Waals surface area contributed by atoms with Crippen molar-refractivity contribution in [3.63, 3.8) is 0 Å². The third-order valence-corrected chi connectivity index (χ3v) is 7.40. The lowest BCUT2D eigenvalue weighted by molar-refractivity contribution is -0.134. The average molecular weight is 600 g/mol. The van der Waals surface area contributed by atoms with Crippen LogP contribution in [-0.4, -0.2) is 139 Å². The summed E-state index contributed by atoms with van der Waals surface area (Å²) in [7, 11) is -1.44. The number of hydrogen-bond donors (Lipinski definition) is 4. The van der Waals surface area contributed by atoms with Gasteiger partial charge >= 0.3 is 23.9 Å². The van der Waals surface area contributed by atoms with Crippen LogP contribution in [0.1, 0.15) is 10.4 Å². The maximum atomic E-state index is 12.6. The van der Waals surface area contributed by atoms with E-state index in [0.717, 1.165) is 26.2 Å². The Morgan fingerprint density at radius 3 is 1.54 bits per heavy atom. The van der Waals surface area contributed by atoms with Crippen LogP contribution >= 0.6 is 0 Å². The van der Waals surface area contributed by atoms with Gasteiger partial charge in [-0.1, -0.05) is 12.1 Å². The zero-order valence-electron chi connectivity index (χ0n) is 22.3. The number of nitrogens with zero attached hydrogens (tertiary/aromatic N) is 3. The molecule has 0 unspecified atom stereocenters. The number of carboxylic acid groups (broad SMARTS) is 4. The molecule has 2 heterocycles. The Labute approximate surface area is 236 Å². The molecule has 0 bridgehead atoms. The molecular formula is C25H33N3O12S. The van der Waals surface area contributed by atoms with Crippen molar-refractivity contribution in [3.8, 4) is 0 Å². The Hall–Kier alpha value is -3.96. The molecule has 3 rings (SSSR count). The average Bonchev–Trinajstić information content (AvgIpc) is 2.93. The summed E-state index contributed by atoms with van der Waals surface area (Å²) in [6, 6.07) is 6.29. The number of sulfonamides is 1. The first-order chi connectivity index (χ1) is 19.2. The number of rotatable bonds is 9. The number of carboxylic acids is 4. The monoisotopic (exact) mass is 599 g/mol. The summed E-state index contributed by atoms with van der Waals surface area (Å²) in [6.45, 7) is 5.63. The summed E-state index contributed by atoms with van der Waals surface area (Å²) in [5.41, 5.74) is 0.555. The molecule has 2 aliphatic heterocycles. The van der Waals surface area contributed by atoms with Gasteiger partial charge in [0, 0.05) is 69.1 Å². The van der Waals surface area contributed by atoms with Crippen molar-refractivity contribution in [2.45, 2.75) is 4.90 Å². The quantitative estimate of drug-likeness (QED) is 0.209. The summed E-state index contributed by atoms with van der Waals surface area (Å²) in [6.07, 6.45) is 2.23. The van der Waals surface area contributed by atoms with Crippen LogP contribution in [0.5, 0.6) is 0 Å². The third-order valence-electron chi connectivity index (χ3n) is 5.48. The van der Waals surface area contributed by atoms with E-state index >= 15 is 0 Å². The van der Waals surface area contributed by atoms with Crippen molar-refractivity contribution >= 4 is 39.7 Å². The maximum Gasteiger partial charge on any atom is 0.328 e. The molecule has 1 aromatic rings. The van der Waals surface area contributed by atoms with Crippen LogP contribution in [0.3, 0.4) is 0 Å². The van der Waals surface area contributed by atoms with Crippen molar-refractivity contribution < 1.29 is 57.6 Å². The molecule has 16 heteroatoms. The standard InChI is InChI=1S/C17H25N3O4S.2C4H4O4/c1-18-6-8-19(9-7-18)14-17(21)15-2-4-16(5-3-15)25(22,23)20-10-12-24-13-11-20;2*5-3(6)1-2-4(7)8/h2-5H,6-14H2,1H3;2*1-2H,(H,5,6)(H,7,8)/b;2*2-1+. The second-order valence-electron chi connectivity index (χ2n) is 8.56. The fourth-order valence-corrected chi connectivity index (χ4v) is 4.74. The molecule has 2 aliphatic rings. The summed E-state index contributed by atoms with van der Waals surface area (Å²) < 4.78 is 31.8. The molecule has 2 fully saturated rings. The van der Waals surface area contributed by atoms with E-state index in [1.54, 1.807) is 12.1 Å². The number of benzene rings is 1. The number of carbonyl (C=O) groups is 5. The number of ether oxygens (including phenoxy) is 1. The fourth-order valence-electron chi connectivity index (χ4n) is 3.33. The topological polar surface area (TPSA) is 219 Å². The molecule has 0 saturated carbocycles. The molecule has 4 N–H and O–H groups in total. The fraction of sp³-hybridized carbons (Fsp3) is 0.400. The van der Waals surface area contributed by atoms with Crippen molar-refractivity contribution in [1.29, 1.82) is 0 Å². The van der Waals surface area contributed by atoms with E-state index in [-0.39, 0.29) is 10.7 Å². The Morgan fingerprint density at radius 2 is 1.15 bits per heavy atom. The van der Waals surface area contributed by atoms with Gasteiger partial charge in [-0.15, -0.1) is 0 Å². The molecule has 0 amide bonds. The number of likely N-dealkylation sites (N-methyl/N-ethyl adjacent to an activating group) is 1. The Bertz CT molecular complexity index is 1150. The van der Waals surface area contributed by atoms with Crippen LogP contribution in [0, 0.1) is 0 Å². The van der Waals surface area contributed by atoms with Crippen LogP contribution in [-0.2, 0) is 33.9 Å². The van der Waals surface area contributed by atoms with Gasteiger partial charge in [-0.25, -0.2) is 27.6 Å². The Balaban J connectivity index is 0.000000433. The first kappa shape index (κ1) is 35.1. The van der Waals surface area contributed by atoms with E-state index < -0.39 is 33.9 Å². The number of aliphatic carboxylic acids is 4. The summed E-state index contributed by atoms with van der Waals surface area (Å²) >= 11 is 0. The van der Waals surface area contributed by atoms with E-state index in [9.17, 15) is 32.4 Å². The van der Waals surface area contributed by atoms with Gasteiger partial charge in [0.15, 0.2) is 5.78 Å². The predicted molar refractivity (Wildman–Crippen MR) is 143 cm³/mol. The van der Waals surface area contributed by atoms with Crippen molar-refractivity contribution in [2.75, 3.05) is 66.1 Å². The number of carbonyl (C=O) groups excluding carboxylic acids is 1. The number of morpholine rings is 1. The first-order valence-corrected chi connectivity index (χ1v) is 13.6. The van der Waals surface area contributed by atoms with Crippen molar-refractivity contribution in [1.82, 2.24) is 14.1 Å². The Morgan fingerprint density at radius 1 is 0.732 bits per heavy atom. The highest BCUT2D eigenvalue weighted by atomic mass is 32.2. The van der Waals surface area contributed by atoms with Crippen LogP contribution in [0.25, 0.3) is 0 Å². The molecular weight excluding hydrogens is 566 g/mol. The summed E-state index contributed by atoms with van der Waals surface area (Å²) in [5.74, 6) is -5.00. The maximum absolute atomic E-state index is 12.6. The van der Waals surface area contributed by atoms with Gasteiger partial charge in [-0.3, -0.25) is 9.69 Å². The normalized spacial score (nSPS) is 16.7. The van der Waals surface area contributed by atoms with E-state index in [4.69, 9.17) is 25.2 Å². The predicted octanol–water partition coefficient (Wildman–Crippen LogP) is -0.439.